The molecule has 1 aromatic carbocycles. The number of halogens is 3. The summed E-state index contributed by atoms with van der Waals surface area (Å²) in [5.74, 6) is -0.125. The van der Waals surface area contributed by atoms with Crippen molar-refractivity contribution in [3.05, 3.63) is 46.5 Å². The van der Waals surface area contributed by atoms with E-state index in [9.17, 15) is 18.0 Å². The lowest BCUT2D eigenvalue weighted by atomic mass is 10.1. The summed E-state index contributed by atoms with van der Waals surface area (Å²) in [6.45, 7) is 0. The summed E-state index contributed by atoms with van der Waals surface area (Å²) in [5, 5.41) is 2.41. The van der Waals surface area contributed by atoms with Crippen LogP contribution in [-0.4, -0.2) is 9.97 Å². The molecule has 0 atom stereocenters. The molecule has 0 radical (unpaired) electrons. The van der Waals surface area contributed by atoms with E-state index in [-0.39, 0.29) is 17.2 Å². The first kappa shape index (κ1) is 12.9. The Labute approximate surface area is 105 Å². The number of rotatable bonds is 2. The molecule has 0 saturated heterocycles. The first-order chi connectivity index (χ1) is 8.89. The van der Waals surface area contributed by atoms with E-state index in [2.05, 4.69) is 15.3 Å². The monoisotopic (exact) mass is 270 g/mol. The van der Waals surface area contributed by atoms with Crippen LogP contribution in [-0.2, 0) is 6.18 Å². The quantitative estimate of drug-likeness (QED) is 0.780. The number of nitrogens with two attached hydrogens (primary N) is 1. The SMILES string of the molecule is Nc1c(Nc2ccccc2C(F)(F)F)nc[nH]c1=O. The topological polar surface area (TPSA) is 83.8 Å². The Balaban J connectivity index is 2.45. The average Bonchev–Trinajstić information content (AvgIpc) is 2.34. The highest BCUT2D eigenvalue weighted by atomic mass is 19.4. The molecule has 8 heteroatoms. The maximum absolute atomic E-state index is 12.8. The van der Waals surface area contributed by atoms with Crippen LogP contribution < -0.4 is 16.6 Å². The van der Waals surface area contributed by atoms with Crippen molar-refractivity contribution < 1.29 is 13.2 Å². The molecule has 100 valence electrons. The van der Waals surface area contributed by atoms with E-state index in [4.69, 9.17) is 5.73 Å². The van der Waals surface area contributed by atoms with Crippen LogP contribution >= 0.6 is 0 Å². The second-order valence-electron chi connectivity index (χ2n) is 3.66. The fourth-order valence-corrected chi connectivity index (χ4v) is 1.48. The van der Waals surface area contributed by atoms with Crippen molar-refractivity contribution in [1.29, 1.82) is 0 Å². The minimum atomic E-state index is -4.51. The third-order valence-corrected chi connectivity index (χ3v) is 2.37. The molecule has 0 fully saturated rings. The molecule has 0 aliphatic carbocycles. The van der Waals surface area contributed by atoms with Crippen LogP contribution in [0.3, 0.4) is 0 Å². The van der Waals surface area contributed by atoms with Gasteiger partial charge >= 0.3 is 6.18 Å². The van der Waals surface area contributed by atoms with Gasteiger partial charge in [0.2, 0.25) is 0 Å². The molecule has 0 saturated carbocycles. The van der Waals surface area contributed by atoms with E-state index in [0.29, 0.717) is 0 Å². The van der Waals surface area contributed by atoms with Crippen molar-refractivity contribution in [2.45, 2.75) is 6.18 Å². The molecule has 0 aliphatic heterocycles. The van der Waals surface area contributed by atoms with Crippen LogP contribution in [0, 0.1) is 0 Å². The van der Waals surface area contributed by atoms with E-state index in [0.717, 1.165) is 12.4 Å². The number of nitrogens with one attached hydrogen (secondary N) is 2. The molecule has 1 aromatic heterocycles. The Morgan fingerprint density at radius 2 is 1.95 bits per heavy atom. The van der Waals surface area contributed by atoms with E-state index in [1.54, 1.807) is 0 Å². The van der Waals surface area contributed by atoms with Crippen LogP contribution in [0.2, 0.25) is 0 Å². The zero-order valence-corrected chi connectivity index (χ0v) is 9.45. The molecular weight excluding hydrogens is 261 g/mol. The molecular formula is C11H9F3N4O. The molecule has 0 aliphatic rings. The van der Waals surface area contributed by atoms with Crippen LogP contribution in [0.5, 0.6) is 0 Å². The van der Waals surface area contributed by atoms with Crippen molar-refractivity contribution >= 4 is 17.2 Å². The van der Waals surface area contributed by atoms with Gasteiger partial charge in [0.25, 0.3) is 5.56 Å². The fourth-order valence-electron chi connectivity index (χ4n) is 1.48. The van der Waals surface area contributed by atoms with Crippen LogP contribution in [0.15, 0.2) is 35.4 Å². The predicted octanol–water partition coefficient (Wildman–Crippen LogP) is 2.11. The first-order valence-corrected chi connectivity index (χ1v) is 5.16. The molecule has 0 bridgehead atoms. The number of nitrogens with zero attached hydrogens (tertiary/aromatic N) is 1. The van der Waals surface area contributed by atoms with Gasteiger partial charge in [0.15, 0.2) is 5.82 Å². The Hall–Kier alpha value is -2.51. The smallest absolute Gasteiger partial charge is 0.391 e. The molecule has 2 rings (SSSR count). The van der Waals surface area contributed by atoms with E-state index >= 15 is 0 Å². The number of aromatic amines is 1. The number of para-hydroxylation sites is 1. The van der Waals surface area contributed by atoms with Gasteiger partial charge in [-0.3, -0.25) is 4.79 Å². The van der Waals surface area contributed by atoms with E-state index in [1.165, 1.54) is 18.2 Å². The zero-order valence-electron chi connectivity index (χ0n) is 9.45. The average molecular weight is 270 g/mol. The predicted molar refractivity (Wildman–Crippen MR) is 64.0 cm³/mol. The van der Waals surface area contributed by atoms with Gasteiger partial charge in [-0.1, -0.05) is 12.1 Å². The van der Waals surface area contributed by atoms with Crippen LogP contribution in [0.25, 0.3) is 0 Å². The van der Waals surface area contributed by atoms with Gasteiger partial charge in [-0.25, -0.2) is 4.98 Å². The summed E-state index contributed by atoms with van der Waals surface area (Å²) in [7, 11) is 0. The minimum Gasteiger partial charge on any atom is -0.391 e. The first-order valence-electron chi connectivity index (χ1n) is 5.16. The van der Waals surface area contributed by atoms with Crippen LogP contribution in [0.4, 0.5) is 30.4 Å². The molecule has 0 amide bonds. The summed E-state index contributed by atoms with van der Waals surface area (Å²) in [4.78, 5) is 17.1. The molecule has 5 nitrogen and oxygen atoms in total. The van der Waals surface area contributed by atoms with Gasteiger partial charge in [0.05, 0.1) is 17.6 Å². The van der Waals surface area contributed by atoms with Crippen molar-refractivity contribution in [3.63, 3.8) is 0 Å². The standard InChI is InChI=1S/C11H9F3N4O/c12-11(13,14)6-3-1-2-4-7(6)18-9-8(15)10(19)17-5-16-9/h1-5H,15H2,(H2,16,17,18,19). The summed E-state index contributed by atoms with van der Waals surface area (Å²) in [6, 6.07) is 4.85. The van der Waals surface area contributed by atoms with E-state index in [1.807, 2.05) is 0 Å². The lowest BCUT2D eigenvalue weighted by Crippen LogP contribution is -2.16. The van der Waals surface area contributed by atoms with Gasteiger partial charge in [-0.2, -0.15) is 13.2 Å². The minimum absolute atomic E-state index is 0.125. The second-order valence-corrected chi connectivity index (χ2v) is 3.66. The van der Waals surface area contributed by atoms with Crippen molar-refractivity contribution in [2.75, 3.05) is 11.1 Å². The van der Waals surface area contributed by atoms with Crippen LogP contribution in [0.1, 0.15) is 5.56 Å². The molecule has 4 N–H and O–H groups in total. The Morgan fingerprint density at radius 1 is 1.26 bits per heavy atom. The highest BCUT2D eigenvalue weighted by molar-refractivity contribution is 5.69. The van der Waals surface area contributed by atoms with Gasteiger partial charge in [-0.15, -0.1) is 0 Å². The third kappa shape index (κ3) is 2.67. The maximum Gasteiger partial charge on any atom is 0.418 e. The van der Waals surface area contributed by atoms with Gasteiger partial charge in [0, 0.05) is 0 Å². The second kappa shape index (κ2) is 4.63. The van der Waals surface area contributed by atoms with Gasteiger partial charge in [-0.05, 0) is 12.1 Å². The lowest BCUT2D eigenvalue weighted by Gasteiger charge is -2.14. The number of anilines is 3. The molecule has 1 heterocycles. The van der Waals surface area contributed by atoms with Crippen molar-refractivity contribution in [2.24, 2.45) is 0 Å². The number of H-pyrrole nitrogens is 1. The number of hydrogen-bond acceptors (Lipinski definition) is 4. The fraction of sp³-hybridized carbons (Fsp3) is 0.0909. The number of hydrogen-bond donors (Lipinski definition) is 3. The van der Waals surface area contributed by atoms with Gasteiger partial charge < -0.3 is 16.0 Å². The highest BCUT2D eigenvalue weighted by Gasteiger charge is 2.33. The zero-order chi connectivity index (χ0) is 14.0. The summed E-state index contributed by atoms with van der Waals surface area (Å²) >= 11 is 0. The van der Waals surface area contributed by atoms with Gasteiger partial charge in [0.1, 0.15) is 5.69 Å². The molecule has 2 aromatic rings. The number of alkyl halides is 3. The Morgan fingerprint density at radius 3 is 2.63 bits per heavy atom. The van der Waals surface area contributed by atoms with Crippen molar-refractivity contribution in [1.82, 2.24) is 9.97 Å². The summed E-state index contributed by atoms with van der Waals surface area (Å²) in [6.07, 6.45) is -3.46. The molecule has 0 spiro atoms. The largest absolute Gasteiger partial charge is 0.418 e. The molecule has 19 heavy (non-hydrogen) atoms. The highest BCUT2D eigenvalue weighted by Crippen LogP contribution is 2.35. The number of benzene rings is 1. The Kier molecular flexibility index (Phi) is 3.16. The Bertz CT molecular complexity index is 651. The normalized spacial score (nSPS) is 11.3. The summed E-state index contributed by atoms with van der Waals surface area (Å²) in [5.41, 5.74) is 3.45. The summed E-state index contributed by atoms with van der Waals surface area (Å²) < 4.78 is 38.3. The van der Waals surface area contributed by atoms with E-state index < -0.39 is 17.3 Å². The van der Waals surface area contributed by atoms with Crippen molar-refractivity contribution in [3.8, 4) is 0 Å². The third-order valence-electron chi connectivity index (χ3n) is 2.37. The number of aromatic nitrogens is 2. The maximum atomic E-state index is 12.8. The number of nitrogen functional groups attached to an aromatic ring is 1. The molecule has 0 unspecified atom stereocenters. The lowest BCUT2D eigenvalue weighted by molar-refractivity contribution is -0.136.